The predicted octanol–water partition coefficient (Wildman–Crippen LogP) is 3.15. The Bertz CT molecular complexity index is 656. The number of rotatable bonds is 6. The van der Waals surface area contributed by atoms with Crippen molar-refractivity contribution in [2.75, 3.05) is 14.2 Å². The first-order valence-corrected chi connectivity index (χ1v) is 7.12. The minimum absolute atomic E-state index is 0.266. The average molecular weight is 285 g/mol. The lowest BCUT2D eigenvalue weighted by Gasteiger charge is -2.10. The van der Waals surface area contributed by atoms with E-state index < -0.39 is 0 Å². The van der Waals surface area contributed by atoms with Crippen molar-refractivity contribution >= 4 is 5.78 Å². The van der Waals surface area contributed by atoms with Crippen molar-refractivity contribution in [3.05, 3.63) is 47.8 Å². The van der Waals surface area contributed by atoms with Gasteiger partial charge in [-0.2, -0.15) is 0 Å². The molecule has 3 rings (SSSR count). The number of benzene rings is 1. The summed E-state index contributed by atoms with van der Waals surface area (Å²) >= 11 is 0. The molecule has 0 saturated heterocycles. The maximum Gasteiger partial charge on any atom is 0.167 e. The molecule has 0 N–H and O–H groups in total. The molecule has 0 radical (unpaired) electrons. The topological polar surface area (TPSA) is 40.5 Å². The Morgan fingerprint density at radius 3 is 2.62 bits per heavy atom. The Morgan fingerprint density at radius 1 is 1.19 bits per heavy atom. The van der Waals surface area contributed by atoms with Gasteiger partial charge in [0, 0.05) is 30.4 Å². The number of hydrogen-bond acceptors (Lipinski definition) is 3. The fourth-order valence-electron chi connectivity index (χ4n) is 2.46. The second kappa shape index (κ2) is 5.64. The van der Waals surface area contributed by atoms with Crippen LogP contribution in [0.5, 0.6) is 11.5 Å². The molecule has 0 amide bonds. The zero-order valence-corrected chi connectivity index (χ0v) is 12.3. The van der Waals surface area contributed by atoms with Gasteiger partial charge in [-0.05, 0) is 36.6 Å². The number of ether oxygens (including phenoxy) is 2. The van der Waals surface area contributed by atoms with Crippen molar-refractivity contribution in [2.45, 2.75) is 19.4 Å². The third-order valence-corrected chi connectivity index (χ3v) is 3.80. The molecule has 0 atom stereocenters. The fraction of sp³-hybridized carbons (Fsp3) is 0.353. The largest absolute Gasteiger partial charge is 0.493 e. The number of ketones is 1. The molecule has 1 saturated carbocycles. The van der Waals surface area contributed by atoms with Crippen LogP contribution < -0.4 is 9.47 Å². The van der Waals surface area contributed by atoms with Gasteiger partial charge < -0.3 is 14.0 Å². The molecule has 0 spiro atoms. The lowest BCUT2D eigenvalue weighted by atomic mass is 10.1. The number of methoxy groups -OCH3 is 2. The molecule has 0 unspecified atom stereocenters. The van der Waals surface area contributed by atoms with E-state index in [1.165, 1.54) is 0 Å². The molecular formula is C17H19NO3. The van der Waals surface area contributed by atoms with Gasteiger partial charge in [0.25, 0.3) is 0 Å². The van der Waals surface area contributed by atoms with Crippen molar-refractivity contribution in [1.82, 2.24) is 4.57 Å². The molecule has 4 nitrogen and oxygen atoms in total. The summed E-state index contributed by atoms with van der Waals surface area (Å²) in [6, 6.07) is 7.76. The third-order valence-electron chi connectivity index (χ3n) is 3.80. The van der Waals surface area contributed by atoms with Gasteiger partial charge in [0.15, 0.2) is 17.3 Å². The highest BCUT2D eigenvalue weighted by Gasteiger charge is 2.30. The van der Waals surface area contributed by atoms with Crippen LogP contribution in [0.25, 0.3) is 0 Å². The number of carbonyl (C=O) groups is 1. The van der Waals surface area contributed by atoms with Crippen molar-refractivity contribution in [3.8, 4) is 11.5 Å². The minimum Gasteiger partial charge on any atom is -0.493 e. The Hall–Kier alpha value is -2.23. The van der Waals surface area contributed by atoms with Gasteiger partial charge in [0.2, 0.25) is 0 Å². The molecule has 1 aliphatic rings. The molecule has 21 heavy (non-hydrogen) atoms. The van der Waals surface area contributed by atoms with Gasteiger partial charge >= 0.3 is 0 Å². The Morgan fingerprint density at radius 2 is 1.95 bits per heavy atom. The average Bonchev–Trinajstić information content (AvgIpc) is 3.26. The van der Waals surface area contributed by atoms with Crippen LogP contribution >= 0.6 is 0 Å². The van der Waals surface area contributed by atoms with E-state index in [2.05, 4.69) is 0 Å². The normalized spacial score (nSPS) is 14.0. The first-order valence-electron chi connectivity index (χ1n) is 7.12. The first-order chi connectivity index (χ1) is 10.2. The van der Waals surface area contributed by atoms with Crippen molar-refractivity contribution < 1.29 is 14.3 Å². The zero-order chi connectivity index (χ0) is 14.8. The summed E-state index contributed by atoms with van der Waals surface area (Å²) in [5, 5.41) is 0. The van der Waals surface area contributed by atoms with E-state index in [0.29, 0.717) is 6.54 Å². The first kappa shape index (κ1) is 13.7. The van der Waals surface area contributed by atoms with Crippen molar-refractivity contribution in [3.63, 3.8) is 0 Å². The standard InChI is InChI=1S/C17H19NO3/c1-20-15-6-3-12(9-16(15)21-2)10-18-8-7-14(11-18)17(19)13-4-5-13/h3,6-9,11,13H,4-5,10H2,1-2H3. The molecule has 2 aromatic rings. The summed E-state index contributed by atoms with van der Waals surface area (Å²) in [5.41, 5.74) is 1.92. The van der Waals surface area contributed by atoms with Crippen LogP contribution in [-0.2, 0) is 6.54 Å². The van der Waals surface area contributed by atoms with E-state index in [4.69, 9.17) is 9.47 Å². The molecular weight excluding hydrogens is 266 g/mol. The fourth-order valence-corrected chi connectivity index (χ4v) is 2.46. The number of Topliss-reactive ketones (excluding diaryl/α,β-unsaturated/α-hetero) is 1. The molecule has 110 valence electrons. The molecule has 1 aromatic heterocycles. The van der Waals surface area contributed by atoms with Crippen molar-refractivity contribution in [1.29, 1.82) is 0 Å². The summed E-state index contributed by atoms with van der Waals surface area (Å²) in [5.74, 6) is 1.98. The second-order valence-corrected chi connectivity index (χ2v) is 5.40. The highest BCUT2D eigenvalue weighted by molar-refractivity contribution is 5.99. The number of nitrogens with zero attached hydrogens (tertiary/aromatic N) is 1. The Balaban J connectivity index is 1.75. The van der Waals surface area contributed by atoms with Gasteiger partial charge in [-0.1, -0.05) is 6.07 Å². The summed E-state index contributed by atoms with van der Waals surface area (Å²) in [6.07, 6.45) is 5.96. The SMILES string of the molecule is COc1ccc(Cn2ccc(C(=O)C3CC3)c2)cc1OC. The van der Waals surface area contributed by atoms with E-state index in [1.807, 2.05) is 41.2 Å². The number of aromatic nitrogens is 1. The quantitative estimate of drug-likeness (QED) is 0.766. The molecule has 0 aliphatic heterocycles. The minimum atomic E-state index is 0.266. The molecule has 0 bridgehead atoms. The Kier molecular flexibility index (Phi) is 3.69. The predicted molar refractivity (Wildman–Crippen MR) is 80.1 cm³/mol. The summed E-state index contributed by atoms with van der Waals surface area (Å²) in [6.45, 7) is 0.707. The van der Waals surface area contributed by atoms with E-state index in [0.717, 1.165) is 35.5 Å². The number of carbonyl (C=O) groups excluding carboxylic acids is 1. The highest BCUT2D eigenvalue weighted by Crippen LogP contribution is 2.33. The number of hydrogen-bond donors (Lipinski definition) is 0. The van der Waals surface area contributed by atoms with Gasteiger partial charge in [-0.15, -0.1) is 0 Å². The molecule has 1 fully saturated rings. The van der Waals surface area contributed by atoms with E-state index in [-0.39, 0.29) is 11.7 Å². The van der Waals surface area contributed by atoms with Gasteiger partial charge in [-0.3, -0.25) is 4.79 Å². The van der Waals surface area contributed by atoms with Crippen LogP contribution in [0.4, 0.5) is 0 Å². The van der Waals surface area contributed by atoms with Crippen LogP contribution in [-0.4, -0.2) is 24.6 Å². The zero-order valence-electron chi connectivity index (χ0n) is 12.3. The van der Waals surface area contributed by atoms with Crippen LogP contribution in [0.3, 0.4) is 0 Å². The monoisotopic (exact) mass is 285 g/mol. The third kappa shape index (κ3) is 2.94. The van der Waals surface area contributed by atoms with E-state index in [1.54, 1.807) is 14.2 Å². The summed E-state index contributed by atoms with van der Waals surface area (Å²) < 4.78 is 12.6. The molecule has 1 aliphatic carbocycles. The lowest BCUT2D eigenvalue weighted by molar-refractivity contribution is 0.0967. The Labute approximate surface area is 124 Å². The van der Waals surface area contributed by atoms with Gasteiger partial charge in [-0.25, -0.2) is 0 Å². The van der Waals surface area contributed by atoms with E-state index in [9.17, 15) is 4.79 Å². The van der Waals surface area contributed by atoms with Crippen LogP contribution in [0, 0.1) is 5.92 Å². The smallest absolute Gasteiger partial charge is 0.167 e. The maximum atomic E-state index is 12.0. The van der Waals surface area contributed by atoms with Gasteiger partial charge in [0.05, 0.1) is 14.2 Å². The summed E-state index contributed by atoms with van der Waals surface area (Å²) in [7, 11) is 3.25. The summed E-state index contributed by atoms with van der Waals surface area (Å²) in [4.78, 5) is 12.0. The maximum absolute atomic E-state index is 12.0. The molecule has 4 heteroatoms. The van der Waals surface area contributed by atoms with Crippen LogP contribution in [0.1, 0.15) is 28.8 Å². The molecule has 1 heterocycles. The van der Waals surface area contributed by atoms with E-state index >= 15 is 0 Å². The van der Waals surface area contributed by atoms with Crippen LogP contribution in [0.15, 0.2) is 36.7 Å². The lowest BCUT2D eigenvalue weighted by Crippen LogP contribution is -2.01. The molecule has 1 aromatic carbocycles. The van der Waals surface area contributed by atoms with Gasteiger partial charge in [0.1, 0.15) is 0 Å². The highest BCUT2D eigenvalue weighted by atomic mass is 16.5. The second-order valence-electron chi connectivity index (χ2n) is 5.40. The van der Waals surface area contributed by atoms with Crippen molar-refractivity contribution in [2.24, 2.45) is 5.92 Å². The van der Waals surface area contributed by atoms with Crippen LogP contribution in [0.2, 0.25) is 0 Å².